The van der Waals surface area contributed by atoms with Crippen LogP contribution in [0.3, 0.4) is 0 Å². The molecule has 1 saturated heterocycles. The van der Waals surface area contributed by atoms with Gasteiger partial charge in [-0.15, -0.1) is 0 Å². The molecule has 1 aromatic carbocycles. The highest BCUT2D eigenvalue weighted by Gasteiger charge is 2.29. The maximum atomic E-state index is 13.8. The molecule has 1 aliphatic heterocycles. The lowest BCUT2D eigenvalue weighted by molar-refractivity contribution is 0.533. The molecule has 0 aliphatic carbocycles. The SMILES string of the molecule is Fc1cccc(F)c1C1CCN(c2ncc(Br)cn2)C1. The Hall–Kier alpha value is -1.56. The fourth-order valence-corrected chi connectivity index (χ4v) is 2.75. The molecule has 1 fully saturated rings. The second-order valence-electron chi connectivity index (χ2n) is 4.77. The van der Waals surface area contributed by atoms with Gasteiger partial charge in [0.05, 0.1) is 4.47 Å². The van der Waals surface area contributed by atoms with Crippen LogP contribution in [0.25, 0.3) is 0 Å². The molecule has 3 nitrogen and oxygen atoms in total. The van der Waals surface area contributed by atoms with Gasteiger partial charge in [0, 0.05) is 37.0 Å². The van der Waals surface area contributed by atoms with Gasteiger partial charge in [-0.1, -0.05) is 6.07 Å². The average Bonchev–Trinajstić information content (AvgIpc) is 2.89. The van der Waals surface area contributed by atoms with Crippen molar-refractivity contribution >= 4 is 21.9 Å². The van der Waals surface area contributed by atoms with Crippen LogP contribution >= 0.6 is 15.9 Å². The first kappa shape index (κ1) is 13.4. The number of hydrogen-bond donors (Lipinski definition) is 0. The fraction of sp³-hybridized carbons (Fsp3) is 0.286. The molecular weight excluding hydrogens is 328 g/mol. The Balaban J connectivity index is 1.81. The van der Waals surface area contributed by atoms with Crippen LogP contribution in [0.2, 0.25) is 0 Å². The van der Waals surface area contributed by atoms with Gasteiger partial charge >= 0.3 is 0 Å². The monoisotopic (exact) mass is 339 g/mol. The summed E-state index contributed by atoms with van der Waals surface area (Å²) in [7, 11) is 0. The number of anilines is 1. The fourth-order valence-electron chi connectivity index (χ4n) is 2.55. The van der Waals surface area contributed by atoms with Gasteiger partial charge in [0.2, 0.25) is 5.95 Å². The Morgan fingerprint density at radius 1 is 1.15 bits per heavy atom. The predicted octanol–water partition coefficient (Wildman–Crippen LogP) is 3.51. The van der Waals surface area contributed by atoms with Crippen LogP contribution in [0.15, 0.2) is 35.1 Å². The van der Waals surface area contributed by atoms with Crippen molar-refractivity contribution in [2.45, 2.75) is 12.3 Å². The van der Waals surface area contributed by atoms with E-state index >= 15 is 0 Å². The van der Waals surface area contributed by atoms with Crippen LogP contribution in [0.4, 0.5) is 14.7 Å². The Morgan fingerprint density at radius 3 is 2.45 bits per heavy atom. The summed E-state index contributed by atoms with van der Waals surface area (Å²) >= 11 is 3.28. The maximum absolute atomic E-state index is 13.8. The van der Waals surface area contributed by atoms with Crippen LogP contribution in [0.5, 0.6) is 0 Å². The lowest BCUT2D eigenvalue weighted by atomic mass is 9.97. The van der Waals surface area contributed by atoms with E-state index in [4.69, 9.17) is 0 Å². The summed E-state index contributed by atoms with van der Waals surface area (Å²) in [5, 5.41) is 0. The van der Waals surface area contributed by atoms with Crippen molar-refractivity contribution in [3.05, 3.63) is 52.3 Å². The number of benzene rings is 1. The zero-order valence-corrected chi connectivity index (χ0v) is 12.1. The Labute approximate surface area is 123 Å². The molecule has 3 rings (SSSR count). The number of halogens is 3. The van der Waals surface area contributed by atoms with Crippen LogP contribution in [0, 0.1) is 11.6 Å². The summed E-state index contributed by atoms with van der Waals surface area (Å²) in [5.74, 6) is -0.530. The third-order valence-corrected chi connectivity index (χ3v) is 3.90. The van der Waals surface area contributed by atoms with Crippen molar-refractivity contribution in [3.63, 3.8) is 0 Å². The number of rotatable bonds is 2. The molecule has 0 radical (unpaired) electrons. The van der Waals surface area contributed by atoms with Crippen molar-refractivity contribution in [2.75, 3.05) is 18.0 Å². The van der Waals surface area contributed by atoms with E-state index < -0.39 is 11.6 Å². The van der Waals surface area contributed by atoms with Crippen LogP contribution in [0.1, 0.15) is 17.9 Å². The van der Waals surface area contributed by atoms with E-state index in [1.54, 1.807) is 12.4 Å². The second kappa shape index (κ2) is 5.44. The Morgan fingerprint density at radius 2 is 1.80 bits per heavy atom. The smallest absolute Gasteiger partial charge is 0.225 e. The topological polar surface area (TPSA) is 29.0 Å². The molecule has 0 amide bonds. The van der Waals surface area contributed by atoms with Crippen molar-refractivity contribution in [1.82, 2.24) is 9.97 Å². The van der Waals surface area contributed by atoms with Gasteiger partial charge in [0.15, 0.2) is 0 Å². The Bertz CT molecular complexity index is 598. The van der Waals surface area contributed by atoms with Gasteiger partial charge in [0.1, 0.15) is 11.6 Å². The quantitative estimate of drug-likeness (QED) is 0.838. The summed E-state index contributed by atoms with van der Waals surface area (Å²) in [5.41, 5.74) is 0.173. The lowest BCUT2D eigenvalue weighted by Crippen LogP contribution is -2.22. The van der Waals surface area contributed by atoms with E-state index in [2.05, 4.69) is 25.9 Å². The molecule has 0 saturated carbocycles. The van der Waals surface area contributed by atoms with E-state index in [0.717, 1.165) is 4.47 Å². The average molecular weight is 340 g/mol. The van der Waals surface area contributed by atoms with E-state index in [-0.39, 0.29) is 11.5 Å². The van der Waals surface area contributed by atoms with Crippen molar-refractivity contribution < 1.29 is 8.78 Å². The van der Waals surface area contributed by atoms with Gasteiger partial charge in [-0.2, -0.15) is 0 Å². The van der Waals surface area contributed by atoms with E-state index in [9.17, 15) is 8.78 Å². The first-order chi connectivity index (χ1) is 9.65. The number of nitrogens with zero attached hydrogens (tertiary/aromatic N) is 3. The van der Waals surface area contributed by atoms with Crippen LogP contribution < -0.4 is 4.90 Å². The summed E-state index contributed by atoms with van der Waals surface area (Å²) in [4.78, 5) is 10.4. The minimum atomic E-state index is -0.478. The molecule has 0 spiro atoms. The largest absolute Gasteiger partial charge is 0.340 e. The summed E-state index contributed by atoms with van der Waals surface area (Å²) < 4.78 is 28.4. The number of hydrogen-bond acceptors (Lipinski definition) is 3. The third kappa shape index (κ3) is 2.52. The molecule has 2 aromatic rings. The summed E-state index contributed by atoms with van der Waals surface area (Å²) in [6.07, 6.45) is 4.02. The van der Waals surface area contributed by atoms with E-state index in [1.165, 1.54) is 18.2 Å². The summed E-state index contributed by atoms with van der Waals surface area (Å²) in [6, 6.07) is 3.99. The number of aromatic nitrogens is 2. The second-order valence-corrected chi connectivity index (χ2v) is 5.68. The molecule has 1 unspecified atom stereocenters. The van der Waals surface area contributed by atoms with Crippen molar-refractivity contribution in [2.24, 2.45) is 0 Å². The molecule has 0 N–H and O–H groups in total. The Kier molecular flexibility index (Phi) is 3.65. The predicted molar refractivity (Wildman–Crippen MR) is 75.7 cm³/mol. The summed E-state index contributed by atoms with van der Waals surface area (Å²) in [6.45, 7) is 1.22. The molecule has 6 heteroatoms. The van der Waals surface area contributed by atoms with Gasteiger partial charge in [-0.25, -0.2) is 18.7 Å². The molecule has 1 aliphatic rings. The molecule has 2 heterocycles. The van der Waals surface area contributed by atoms with Crippen molar-refractivity contribution in [3.8, 4) is 0 Å². The molecule has 0 bridgehead atoms. The standard InChI is InChI=1S/C14H12BrF2N3/c15-10-6-18-14(19-7-10)20-5-4-9(8-20)13-11(16)2-1-3-12(13)17/h1-3,6-7,9H,4-5,8H2. The maximum Gasteiger partial charge on any atom is 0.225 e. The molecular formula is C14H12BrF2N3. The highest BCUT2D eigenvalue weighted by molar-refractivity contribution is 9.10. The van der Waals surface area contributed by atoms with E-state index in [1.807, 2.05) is 4.90 Å². The van der Waals surface area contributed by atoms with E-state index in [0.29, 0.717) is 25.5 Å². The highest BCUT2D eigenvalue weighted by Crippen LogP contribution is 2.32. The normalized spacial score (nSPS) is 18.6. The first-order valence-electron chi connectivity index (χ1n) is 6.31. The zero-order valence-electron chi connectivity index (χ0n) is 10.6. The zero-order chi connectivity index (χ0) is 14.1. The minimum absolute atomic E-state index is 0.163. The highest BCUT2D eigenvalue weighted by atomic mass is 79.9. The minimum Gasteiger partial charge on any atom is -0.340 e. The lowest BCUT2D eigenvalue weighted by Gasteiger charge is -2.16. The first-order valence-corrected chi connectivity index (χ1v) is 7.11. The molecule has 20 heavy (non-hydrogen) atoms. The molecule has 1 atom stereocenters. The van der Waals surface area contributed by atoms with Crippen LogP contribution in [-0.4, -0.2) is 23.1 Å². The molecule has 104 valence electrons. The van der Waals surface area contributed by atoms with Crippen molar-refractivity contribution in [1.29, 1.82) is 0 Å². The van der Waals surface area contributed by atoms with Gasteiger partial charge in [-0.05, 0) is 34.5 Å². The van der Waals surface area contributed by atoms with Gasteiger partial charge < -0.3 is 4.90 Å². The van der Waals surface area contributed by atoms with Gasteiger partial charge in [0.25, 0.3) is 0 Å². The molecule has 1 aromatic heterocycles. The van der Waals surface area contributed by atoms with Crippen LogP contribution in [-0.2, 0) is 0 Å². The third-order valence-electron chi connectivity index (χ3n) is 3.49. The van der Waals surface area contributed by atoms with Gasteiger partial charge in [-0.3, -0.25) is 0 Å².